The van der Waals surface area contributed by atoms with Gasteiger partial charge in [-0.3, -0.25) is 20.2 Å². The Morgan fingerprint density at radius 1 is 1.19 bits per heavy atom. The molecule has 158 valence electrons. The van der Waals surface area contributed by atoms with Gasteiger partial charge in [-0.25, -0.2) is 0 Å². The van der Waals surface area contributed by atoms with Crippen LogP contribution in [0.25, 0.3) is 10.1 Å². The van der Waals surface area contributed by atoms with Gasteiger partial charge in [-0.05, 0) is 29.8 Å². The molecule has 2 aromatic carbocycles. The lowest BCUT2D eigenvalue weighted by molar-refractivity contribution is -0.384. The number of non-ortho nitro benzene ring substituents is 1. The molecule has 0 aliphatic carbocycles. The number of thiophene rings is 1. The van der Waals surface area contributed by atoms with Crippen LogP contribution in [0, 0.1) is 10.1 Å². The van der Waals surface area contributed by atoms with E-state index in [4.69, 9.17) is 4.42 Å². The number of nitro benzene ring substituents is 1. The van der Waals surface area contributed by atoms with Gasteiger partial charge in [0, 0.05) is 32.4 Å². The molecule has 4 rings (SSSR count). The summed E-state index contributed by atoms with van der Waals surface area (Å²) in [6.07, 6.45) is 0.460. The Balaban J connectivity index is 1.42. The summed E-state index contributed by atoms with van der Waals surface area (Å²) < 4.78 is 6.33. The van der Waals surface area contributed by atoms with Crippen LogP contribution in [0.15, 0.2) is 57.8 Å². The lowest BCUT2D eigenvalue weighted by Gasteiger charge is -2.05. The number of carbonyl (C=O) groups excluding carboxylic acids is 1. The summed E-state index contributed by atoms with van der Waals surface area (Å²) in [6.45, 7) is 4.30. The van der Waals surface area contributed by atoms with E-state index in [2.05, 4.69) is 41.5 Å². The summed E-state index contributed by atoms with van der Waals surface area (Å²) in [5, 5.41) is 22.5. The lowest BCUT2D eigenvalue weighted by atomic mass is 10.1. The minimum Gasteiger partial charge on any atom is -0.407 e. The maximum absolute atomic E-state index is 12.5. The van der Waals surface area contributed by atoms with E-state index >= 15 is 0 Å². The number of aromatic nitrogens is 2. The summed E-state index contributed by atoms with van der Waals surface area (Å²) >= 11 is 3.03. The second kappa shape index (κ2) is 8.86. The Morgan fingerprint density at radius 3 is 2.68 bits per heavy atom. The van der Waals surface area contributed by atoms with E-state index in [0.717, 1.165) is 10.3 Å². The number of fused-ring (bicyclic) bond motifs is 1. The third kappa shape index (κ3) is 5.09. The van der Waals surface area contributed by atoms with Crippen LogP contribution in [-0.4, -0.2) is 26.3 Å². The minimum atomic E-state index is -0.465. The number of nitrogens with one attached hydrogen (secondary N) is 1. The van der Waals surface area contributed by atoms with Crippen molar-refractivity contribution < 1.29 is 14.1 Å². The molecule has 0 saturated heterocycles. The van der Waals surface area contributed by atoms with Crippen molar-refractivity contribution in [2.24, 2.45) is 0 Å². The Kier molecular flexibility index (Phi) is 6.01. The van der Waals surface area contributed by atoms with Crippen molar-refractivity contribution in [3.8, 4) is 0 Å². The Hall–Kier alpha value is -3.24. The topological polar surface area (TPSA) is 111 Å². The summed E-state index contributed by atoms with van der Waals surface area (Å²) in [5.74, 6) is -0.0133. The summed E-state index contributed by atoms with van der Waals surface area (Å²) in [7, 11) is 0. The van der Waals surface area contributed by atoms with E-state index in [1.165, 1.54) is 28.4 Å². The van der Waals surface area contributed by atoms with Crippen molar-refractivity contribution in [1.82, 2.24) is 10.2 Å². The zero-order valence-electron chi connectivity index (χ0n) is 16.7. The first-order chi connectivity index (χ1) is 14.9. The number of rotatable bonds is 7. The van der Waals surface area contributed by atoms with Crippen LogP contribution >= 0.6 is 23.1 Å². The minimum absolute atomic E-state index is 0.00965. The number of hydrogen-bond acceptors (Lipinski definition) is 8. The molecule has 0 radical (unpaired) electrons. The summed E-state index contributed by atoms with van der Waals surface area (Å²) in [5.41, 5.74) is 1.01. The van der Waals surface area contributed by atoms with Crippen LogP contribution in [0.5, 0.6) is 0 Å². The van der Waals surface area contributed by atoms with E-state index in [1.807, 2.05) is 12.1 Å². The molecule has 0 aliphatic rings. The smallest absolute Gasteiger partial charge is 0.322 e. The maximum Gasteiger partial charge on any atom is 0.322 e. The molecule has 2 heterocycles. The van der Waals surface area contributed by atoms with Crippen molar-refractivity contribution in [3.63, 3.8) is 0 Å². The van der Waals surface area contributed by atoms with Crippen LogP contribution in [0.1, 0.15) is 35.0 Å². The number of nitro groups is 1. The normalized spacial score (nSPS) is 11.2. The van der Waals surface area contributed by atoms with Gasteiger partial charge in [0.25, 0.3) is 11.6 Å². The molecule has 8 nitrogen and oxygen atoms in total. The predicted octanol–water partition coefficient (Wildman–Crippen LogP) is 5.54. The number of anilines is 1. The van der Waals surface area contributed by atoms with Gasteiger partial charge in [0.15, 0.2) is 0 Å². The second-order valence-corrected chi connectivity index (χ2v) is 9.77. The number of amides is 1. The molecule has 2 aromatic heterocycles. The van der Waals surface area contributed by atoms with Gasteiger partial charge < -0.3 is 4.42 Å². The van der Waals surface area contributed by atoms with Gasteiger partial charge in [0.1, 0.15) is 0 Å². The van der Waals surface area contributed by atoms with Gasteiger partial charge >= 0.3 is 6.01 Å². The largest absolute Gasteiger partial charge is 0.407 e. The first kappa shape index (κ1) is 21.0. The molecule has 0 saturated carbocycles. The van der Waals surface area contributed by atoms with Crippen molar-refractivity contribution in [2.75, 3.05) is 5.32 Å². The van der Waals surface area contributed by atoms with Gasteiger partial charge in [-0.1, -0.05) is 31.1 Å². The molecule has 1 amide bonds. The number of thioether (sulfide) groups is 1. The van der Waals surface area contributed by atoms with Crippen molar-refractivity contribution >= 4 is 50.8 Å². The first-order valence-corrected chi connectivity index (χ1v) is 11.1. The summed E-state index contributed by atoms with van der Waals surface area (Å²) in [6, 6.07) is 14.3. The standard InChI is InChI=1S/C21H18N4O4S2/c1-12(2)30-16-6-3-13(4-7-16)9-19-23-24-21(29-19)22-20(26)18-11-14-10-15(25(27)28)5-8-17(14)31-18/h3-8,10-12H,9H2,1-2H3,(H,22,24,26). The molecule has 0 spiro atoms. The molecular weight excluding hydrogens is 436 g/mol. The Labute approximate surface area is 185 Å². The third-order valence-corrected chi connectivity index (χ3v) is 6.40. The fourth-order valence-electron chi connectivity index (χ4n) is 2.92. The average Bonchev–Trinajstić information content (AvgIpc) is 3.35. The molecule has 10 heteroatoms. The molecule has 1 N–H and O–H groups in total. The highest BCUT2D eigenvalue weighted by molar-refractivity contribution is 7.99. The number of carbonyl (C=O) groups is 1. The molecule has 31 heavy (non-hydrogen) atoms. The number of benzene rings is 2. The number of nitrogens with zero attached hydrogens (tertiary/aromatic N) is 3. The van der Waals surface area contributed by atoms with Gasteiger partial charge in [0.05, 0.1) is 16.2 Å². The highest BCUT2D eigenvalue weighted by Crippen LogP contribution is 2.29. The van der Waals surface area contributed by atoms with Crippen molar-refractivity contribution in [1.29, 1.82) is 0 Å². The second-order valence-electron chi connectivity index (χ2n) is 7.03. The highest BCUT2D eigenvalue weighted by Gasteiger charge is 2.16. The SMILES string of the molecule is CC(C)Sc1ccc(Cc2nnc(NC(=O)c3cc4cc([N+](=O)[O-])ccc4s3)o2)cc1. The molecule has 0 fully saturated rings. The molecular formula is C21H18N4O4S2. The Morgan fingerprint density at radius 2 is 1.97 bits per heavy atom. The third-order valence-electron chi connectivity index (χ3n) is 4.27. The van der Waals surface area contributed by atoms with E-state index in [0.29, 0.717) is 27.8 Å². The molecule has 0 atom stereocenters. The zero-order chi connectivity index (χ0) is 22.0. The van der Waals surface area contributed by atoms with Crippen molar-refractivity contribution in [2.45, 2.75) is 30.4 Å². The van der Waals surface area contributed by atoms with Crippen LogP contribution in [0.4, 0.5) is 11.7 Å². The lowest BCUT2D eigenvalue weighted by Crippen LogP contribution is -2.10. The van der Waals surface area contributed by atoms with Gasteiger partial charge in [0.2, 0.25) is 5.89 Å². The monoisotopic (exact) mass is 454 g/mol. The van der Waals surface area contributed by atoms with E-state index < -0.39 is 10.8 Å². The quantitative estimate of drug-likeness (QED) is 0.222. The van der Waals surface area contributed by atoms with Crippen LogP contribution < -0.4 is 5.32 Å². The summed E-state index contributed by atoms with van der Waals surface area (Å²) in [4.78, 5) is 24.6. The van der Waals surface area contributed by atoms with Gasteiger partial charge in [-0.15, -0.1) is 28.2 Å². The van der Waals surface area contributed by atoms with Crippen LogP contribution in [-0.2, 0) is 6.42 Å². The van der Waals surface area contributed by atoms with Crippen LogP contribution in [0.3, 0.4) is 0 Å². The van der Waals surface area contributed by atoms with Crippen molar-refractivity contribution in [3.05, 3.63) is 75.0 Å². The molecule has 0 bridgehead atoms. The number of hydrogen-bond donors (Lipinski definition) is 1. The predicted molar refractivity (Wildman–Crippen MR) is 121 cm³/mol. The Bertz CT molecular complexity index is 1250. The maximum atomic E-state index is 12.5. The molecule has 0 aliphatic heterocycles. The fraction of sp³-hybridized carbons (Fsp3) is 0.190. The zero-order valence-corrected chi connectivity index (χ0v) is 18.3. The molecule has 0 unspecified atom stereocenters. The van der Waals surface area contributed by atoms with E-state index in [9.17, 15) is 14.9 Å². The highest BCUT2D eigenvalue weighted by atomic mass is 32.2. The fourth-order valence-corrected chi connectivity index (χ4v) is 4.70. The first-order valence-electron chi connectivity index (χ1n) is 9.44. The van der Waals surface area contributed by atoms with E-state index in [-0.39, 0.29) is 11.7 Å². The van der Waals surface area contributed by atoms with Gasteiger partial charge in [-0.2, -0.15) is 0 Å². The van der Waals surface area contributed by atoms with E-state index in [1.54, 1.807) is 23.9 Å². The van der Waals surface area contributed by atoms with Crippen LogP contribution in [0.2, 0.25) is 0 Å². The molecule has 4 aromatic rings. The average molecular weight is 455 g/mol.